The minimum Gasteiger partial charge on any atom is -0.304 e. The Balaban J connectivity index is 1.80. The molecule has 2 aromatic rings. The van der Waals surface area contributed by atoms with E-state index in [0.717, 1.165) is 17.4 Å². The summed E-state index contributed by atoms with van der Waals surface area (Å²) < 4.78 is 2.07. The van der Waals surface area contributed by atoms with Crippen LogP contribution in [0.4, 0.5) is 0 Å². The first-order chi connectivity index (χ1) is 8.79. The average molecular weight is 244 g/mol. The summed E-state index contributed by atoms with van der Waals surface area (Å²) in [5, 5.41) is 12.2. The Kier molecular flexibility index (Phi) is 3.04. The minimum atomic E-state index is 0.243. The fourth-order valence-corrected chi connectivity index (χ4v) is 2.64. The van der Waals surface area contributed by atoms with Gasteiger partial charge in [-0.2, -0.15) is 0 Å². The Morgan fingerprint density at radius 2 is 2.22 bits per heavy atom. The van der Waals surface area contributed by atoms with Crippen molar-refractivity contribution in [1.82, 2.24) is 19.9 Å². The molecular formula is C14H20N4. The minimum absolute atomic E-state index is 0.243. The molecule has 0 amide bonds. The van der Waals surface area contributed by atoms with Crippen LogP contribution < -0.4 is 5.32 Å². The van der Waals surface area contributed by atoms with Crippen molar-refractivity contribution in [3.63, 3.8) is 0 Å². The number of nitrogens with one attached hydrogen (secondary N) is 1. The van der Waals surface area contributed by atoms with Gasteiger partial charge in [0.2, 0.25) is 0 Å². The summed E-state index contributed by atoms with van der Waals surface area (Å²) in [6.07, 6.45) is 5.96. The van der Waals surface area contributed by atoms with E-state index < -0.39 is 0 Å². The van der Waals surface area contributed by atoms with Crippen LogP contribution in [0.1, 0.15) is 45.0 Å². The lowest BCUT2D eigenvalue weighted by atomic mass is 10.1. The molecule has 96 valence electrons. The smallest absolute Gasteiger partial charge is 0.160 e. The second kappa shape index (κ2) is 4.69. The molecule has 4 nitrogen and oxygen atoms in total. The molecule has 0 radical (unpaired) electrons. The van der Waals surface area contributed by atoms with Crippen LogP contribution in [-0.4, -0.2) is 20.6 Å². The zero-order valence-corrected chi connectivity index (χ0v) is 11.0. The Morgan fingerprint density at radius 1 is 1.39 bits per heavy atom. The largest absolute Gasteiger partial charge is 0.304 e. The number of pyridine rings is 1. The maximum Gasteiger partial charge on any atom is 0.160 e. The first kappa shape index (κ1) is 11.7. The van der Waals surface area contributed by atoms with E-state index in [9.17, 15) is 0 Å². The third-order valence-electron chi connectivity index (χ3n) is 3.82. The highest BCUT2D eigenvalue weighted by atomic mass is 15.3. The van der Waals surface area contributed by atoms with Gasteiger partial charge >= 0.3 is 0 Å². The average Bonchev–Trinajstić information content (AvgIpc) is 3.14. The van der Waals surface area contributed by atoms with Crippen molar-refractivity contribution < 1.29 is 0 Å². The molecular weight excluding hydrogens is 224 g/mol. The van der Waals surface area contributed by atoms with Crippen LogP contribution in [0.25, 0.3) is 5.65 Å². The van der Waals surface area contributed by atoms with Crippen LogP contribution in [0.3, 0.4) is 0 Å². The van der Waals surface area contributed by atoms with Gasteiger partial charge in [0.25, 0.3) is 0 Å². The number of aromatic nitrogens is 3. The molecule has 1 aliphatic rings. The predicted molar refractivity (Wildman–Crippen MR) is 71.3 cm³/mol. The molecule has 1 fully saturated rings. The quantitative estimate of drug-likeness (QED) is 0.879. The van der Waals surface area contributed by atoms with Gasteiger partial charge < -0.3 is 5.32 Å². The van der Waals surface area contributed by atoms with Gasteiger partial charge in [-0.05, 0) is 44.2 Å². The van der Waals surface area contributed by atoms with Crippen LogP contribution >= 0.6 is 0 Å². The van der Waals surface area contributed by atoms with E-state index in [1.807, 2.05) is 24.4 Å². The van der Waals surface area contributed by atoms with E-state index in [-0.39, 0.29) is 6.04 Å². The molecule has 0 bridgehead atoms. The van der Waals surface area contributed by atoms with E-state index in [1.54, 1.807) is 0 Å². The monoisotopic (exact) mass is 244 g/mol. The molecule has 0 aliphatic heterocycles. The van der Waals surface area contributed by atoms with Gasteiger partial charge in [0, 0.05) is 12.2 Å². The van der Waals surface area contributed by atoms with E-state index in [2.05, 4.69) is 33.8 Å². The van der Waals surface area contributed by atoms with Crippen molar-refractivity contribution in [1.29, 1.82) is 0 Å². The van der Waals surface area contributed by atoms with E-state index in [0.29, 0.717) is 6.04 Å². The highest BCUT2D eigenvalue weighted by Gasteiger charge is 2.31. The summed E-state index contributed by atoms with van der Waals surface area (Å²) in [5.41, 5.74) is 0.917. The van der Waals surface area contributed by atoms with Crippen molar-refractivity contribution >= 4 is 5.65 Å². The predicted octanol–water partition coefficient (Wildman–Crippen LogP) is 2.57. The standard InChI is InChI=1S/C14H20N4/c1-3-12(11-7-8-11)15-10(2)14-17-16-13-6-4-5-9-18(13)14/h4-6,9-12,15H,3,7-8H2,1-2H3. The summed E-state index contributed by atoms with van der Waals surface area (Å²) >= 11 is 0. The maximum atomic E-state index is 4.31. The zero-order valence-electron chi connectivity index (χ0n) is 11.0. The first-order valence-corrected chi connectivity index (χ1v) is 6.85. The highest BCUT2D eigenvalue weighted by Crippen LogP contribution is 2.34. The highest BCUT2D eigenvalue weighted by molar-refractivity contribution is 5.37. The molecule has 2 aromatic heterocycles. The molecule has 4 heteroatoms. The summed E-state index contributed by atoms with van der Waals surface area (Å²) in [6, 6.07) is 6.86. The van der Waals surface area contributed by atoms with Crippen molar-refractivity contribution in [2.45, 2.75) is 45.2 Å². The number of rotatable bonds is 5. The second-order valence-electron chi connectivity index (χ2n) is 5.23. The lowest BCUT2D eigenvalue weighted by Gasteiger charge is -2.20. The van der Waals surface area contributed by atoms with E-state index in [4.69, 9.17) is 0 Å². The molecule has 0 aromatic carbocycles. The molecule has 1 aliphatic carbocycles. The molecule has 0 spiro atoms. The lowest BCUT2D eigenvalue weighted by Crippen LogP contribution is -2.33. The Morgan fingerprint density at radius 3 is 2.94 bits per heavy atom. The number of hydrogen-bond donors (Lipinski definition) is 1. The zero-order chi connectivity index (χ0) is 12.5. The number of hydrogen-bond acceptors (Lipinski definition) is 3. The van der Waals surface area contributed by atoms with E-state index in [1.165, 1.54) is 19.3 Å². The summed E-state index contributed by atoms with van der Waals surface area (Å²) in [7, 11) is 0. The summed E-state index contributed by atoms with van der Waals surface area (Å²) in [6.45, 7) is 4.43. The third-order valence-corrected chi connectivity index (χ3v) is 3.82. The van der Waals surface area contributed by atoms with E-state index >= 15 is 0 Å². The lowest BCUT2D eigenvalue weighted by molar-refractivity contribution is 0.394. The molecule has 2 atom stereocenters. The van der Waals surface area contributed by atoms with Crippen molar-refractivity contribution in [3.8, 4) is 0 Å². The molecule has 1 N–H and O–H groups in total. The molecule has 18 heavy (non-hydrogen) atoms. The SMILES string of the molecule is CCC(NC(C)c1nnc2ccccn12)C1CC1. The van der Waals surface area contributed by atoms with Crippen LogP contribution in [0.15, 0.2) is 24.4 Å². The maximum absolute atomic E-state index is 4.31. The van der Waals surface area contributed by atoms with Gasteiger partial charge in [0.1, 0.15) is 0 Å². The van der Waals surface area contributed by atoms with Gasteiger partial charge in [0.05, 0.1) is 6.04 Å². The fraction of sp³-hybridized carbons (Fsp3) is 0.571. The summed E-state index contributed by atoms with van der Waals surface area (Å²) in [5.74, 6) is 1.88. The van der Waals surface area contributed by atoms with Gasteiger partial charge in [-0.25, -0.2) is 0 Å². The Bertz CT molecular complexity index is 529. The molecule has 1 saturated carbocycles. The van der Waals surface area contributed by atoms with Crippen LogP contribution in [0, 0.1) is 5.92 Å². The van der Waals surface area contributed by atoms with Gasteiger partial charge in [0.15, 0.2) is 11.5 Å². The van der Waals surface area contributed by atoms with Crippen LogP contribution in [-0.2, 0) is 0 Å². The molecule has 0 saturated heterocycles. The van der Waals surface area contributed by atoms with Gasteiger partial charge in [-0.15, -0.1) is 10.2 Å². The molecule has 3 rings (SSSR count). The number of nitrogens with zero attached hydrogens (tertiary/aromatic N) is 3. The Labute approximate surface area is 107 Å². The van der Waals surface area contributed by atoms with Crippen molar-refractivity contribution in [2.75, 3.05) is 0 Å². The Hall–Kier alpha value is -1.42. The summed E-state index contributed by atoms with van der Waals surface area (Å²) in [4.78, 5) is 0. The topological polar surface area (TPSA) is 42.2 Å². The van der Waals surface area contributed by atoms with Crippen molar-refractivity contribution in [2.24, 2.45) is 5.92 Å². The van der Waals surface area contributed by atoms with Gasteiger partial charge in [-0.3, -0.25) is 4.40 Å². The van der Waals surface area contributed by atoms with Gasteiger partial charge in [-0.1, -0.05) is 13.0 Å². The van der Waals surface area contributed by atoms with Crippen molar-refractivity contribution in [3.05, 3.63) is 30.2 Å². The number of fused-ring (bicyclic) bond motifs is 1. The third kappa shape index (κ3) is 2.12. The second-order valence-corrected chi connectivity index (χ2v) is 5.23. The molecule has 2 heterocycles. The van der Waals surface area contributed by atoms with Crippen LogP contribution in [0.2, 0.25) is 0 Å². The van der Waals surface area contributed by atoms with Crippen LogP contribution in [0.5, 0.6) is 0 Å². The first-order valence-electron chi connectivity index (χ1n) is 6.85. The normalized spacial score (nSPS) is 19.0. The fourth-order valence-electron chi connectivity index (χ4n) is 2.64. The molecule has 2 unspecified atom stereocenters.